The molecule has 3 aliphatic rings. The van der Waals surface area contributed by atoms with Crippen molar-refractivity contribution in [3.63, 3.8) is 0 Å². The Morgan fingerprint density at radius 1 is 1.08 bits per heavy atom. The first-order valence-corrected chi connectivity index (χ1v) is 14.3. The van der Waals surface area contributed by atoms with Gasteiger partial charge in [0.2, 0.25) is 11.8 Å². The molecule has 0 bridgehead atoms. The van der Waals surface area contributed by atoms with E-state index in [2.05, 4.69) is 10.6 Å². The largest absolute Gasteiger partial charge is 0.493 e. The van der Waals surface area contributed by atoms with Gasteiger partial charge in [-0.3, -0.25) is 9.59 Å². The van der Waals surface area contributed by atoms with Crippen molar-refractivity contribution < 1.29 is 19.1 Å². The second-order valence-corrected chi connectivity index (χ2v) is 11.0. The van der Waals surface area contributed by atoms with E-state index in [9.17, 15) is 9.59 Å². The number of piperidine rings is 1. The van der Waals surface area contributed by atoms with Crippen LogP contribution < -0.4 is 20.1 Å². The lowest BCUT2D eigenvalue weighted by molar-refractivity contribution is -0.132. The second kappa shape index (κ2) is 12.6. The third-order valence-electron chi connectivity index (χ3n) is 8.21. The van der Waals surface area contributed by atoms with Crippen LogP contribution in [-0.2, 0) is 16.1 Å². The maximum atomic E-state index is 12.8. The van der Waals surface area contributed by atoms with E-state index in [1.54, 1.807) is 12.1 Å². The van der Waals surface area contributed by atoms with Crippen LogP contribution in [0.1, 0.15) is 69.4 Å². The topological polar surface area (TPSA) is 92.3 Å². The summed E-state index contributed by atoms with van der Waals surface area (Å²) in [7, 11) is 1.65. The number of benzene rings is 2. The fraction of sp³-hybridized carbons (Fsp3) is 0.516. The van der Waals surface area contributed by atoms with Gasteiger partial charge in [0.15, 0.2) is 11.5 Å². The molecular weight excluding hydrogens is 492 g/mol. The minimum absolute atomic E-state index is 0.00184. The highest BCUT2D eigenvalue weighted by molar-refractivity contribution is 6.04. The Kier molecular flexibility index (Phi) is 8.81. The number of carbonyl (C=O) groups is 2. The van der Waals surface area contributed by atoms with Crippen molar-refractivity contribution >= 4 is 23.2 Å². The number of methoxy groups -OCH3 is 1. The van der Waals surface area contributed by atoms with Crippen molar-refractivity contribution in [3.8, 4) is 11.5 Å². The van der Waals surface area contributed by atoms with Crippen LogP contribution in [0.3, 0.4) is 0 Å². The fourth-order valence-electron chi connectivity index (χ4n) is 5.71. The summed E-state index contributed by atoms with van der Waals surface area (Å²) in [4.78, 5) is 25.5. The predicted molar refractivity (Wildman–Crippen MR) is 152 cm³/mol. The van der Waals surface area contributed by atoms with Crippen LogP contribution in [-0.4, -0.2) is 48.8 Å². The minimum Gasteiger partial charge on any atom is -0.493 e. The van der Waals surface area contributed by atoms with Crippen LogP contribution in [0.2, 0.25) is 0 Å². The number of ether oxygens (including phenoxy) is 2. The summed E-state index contributed by atoms with van der Waals surface area (Å²) in [5.74, 6) is 1.82. The molecule has 0 aromatic heterocycles. The van der Waals surface area contributed by atoms with E-state index in [4.69, 9.17) is 14.6 Å². The number of nitrogens with zero attached hydrogens (tertiary/aromatic N) is 2. The standard InChI is InChI=1S/C31H40N4O4/c1-21(24-6-5-17-32-19-24)31(37)33-25-12-9-22(10-13-25)20-35-30(36)16-14-27(34-35)23-11-15-28(38-2)29(18-23)39-26-7-3-4-8-26/h9-13,15,18,21,24,26,32H,3-8,14,16-17,19-20H2,1-2H3,(H,33,37). The smallest absolute Gasteiger partial charge is 0.243 e. The van der Waals surface area contributed by atoms with Crippen LogP contribution in [0.4, 0.5) is 5.69 Å². The molecule has 5 rings (SSSR count). The van der Waals surface area contributed by atoms with Crippen molar-refractivity contribution in [1.29, 1.82) is 0 Å². The molecule has 2 fully saturated rings. The number of amides is 2. The fourth-order valence-corrected chi connectivity index (χ4v) is 5.71. The number of nitrogens with one attached hydrogen (secondary N) is 2. The first-order chi connectivity index (χ1) is 19.0. The molecule has 0 radical (unpaired) electrons. The molecule has 2 unspecified atom stereocenters. The van der Waals surface area contributed by atoms with Gasteiger partial charge < -0.3 is 20.1 Å². The Labute approximate surface area is 231 Å². The van der Waals surface area contributed by atoms with E-state index in [1.807, 2.05) is 49.4 Å². The maximum Gasteiger partial charge on any atom is 0.243 e. The Morgan fingerprint density at radius 3 is 2.59 bits per heavy atom. The van der Waals surface area contributed by atoms with Gasteiger partial charge in [0.05, 0.1) is 25.5 Å². The number of hydrazone groups is 1. The lowest BCUT2D eigenvalue weighted by Crippen LogP contribution is -2.37. The van der Waals surface area contributed by atoms with Crippen molar-refractivity contribution in [3.05, 3.63) is 53.6 Å². The van der Waals surface area contributed by atoms with Gasteiger partial charge in [-0.15, -0.1) is 0 Å². The van der Waals surface area contributed by atoms with E-state index in [0.717, 1.165) is 67.0 Å². The van der Waals surface area contributed by atoms with Crippen molar-refractivity contribution in [1.82, 2.24) is 10.3 Å². The van der Waals surface area contributed by atoms with Gasteiger partial charge in [-0.05, 0) is 93.4 Å². The van der Waals surface area contributed by atoms with Crippen LogP contribution in [0.5, 0.6) is 11.5 Å². The zero-order valence-corrected chi connectivity index (χ0v) is 23.1. The summed E-state index contributed by atoms with van der Waals surface area (Å²) in [5, 5.41) is 12.7. The van der Waals surface area contributed by atoms with E-state index in [0.29, 0.717) is 31.1 Å². The Hall–Kier alpha value is -3.39. The summed E-state index contributed by atoms with van der Waals surface area (Å²) in [6.07, 6.45) is 7.94. The van der Waals surface area contributed by atoms with Crippen molar-refractivity contribution in [2.45, 2.75) is 70.9 Å². The van der Waals surface area contributed by atoms with Gasteiger partial charge in [-0.2, -0.15) is 5.10 Å². The molecule has 2 aromatic carbocycles. The van der Waals surface area contributed by atoms with Crippen LogP contribution in [0, 0.1) is 11.8 Å². The summed E-state index contributed by atoms with van der Waals surface area (Å²) in [5.41, 5.74) is 3.53. The molecule has 1 aliphatic carbocycles. The molecule has 2 aromatic rings. The number of hydrogen-bond donors (Lipinski definition) is 2. The predicted octanol–water partition coefficient (Wildman–Crippen LogP) is 5.12. The van der Waals surface area contributed by atoms with Crippen LogP contribution in [0.25, 0.3) is 0 Å². The van der Waals surface area contributed by atoms with Gasteiger partial charge in [0.1, 0.15) is 0 Å². The normalized spacial score (nSPS) is 20.9. The molecule has 0 spiro atoms. The first kappa shape index (κ1) is 27.2. The van der Waals surface area contributed by atoms with Crippen LogP contribution >= 0.6 is 0 Å². The summed E-state index contributed by atoms with van der Waals surface area (Å²) in [6.45, 7) is 4.31. The van der Waals surface area contributed by atoms with E-state index >= 15 is 0 Å². The number of rotatable bonds is 9. The molecular formula is C31H40N4O4. The van der Waals surface area contributed by atoms with Crippen molar-refractivity contribution in [2.24, 2.45) is 16.9 Å². The SMILES string of the molecule is COc1ccc(C2=NN(Cc3ccc(NC(=O)C(C)C4CCCNC4)cc3)C(=O)CC2)cc1OC1CCCC1. The lowest BCUT2D eigenvalue weighted by atomic mass is 9.87. The molecule has 2 aliphatic heterocycles. The Bertz CT molecular complexity index is 1180. The zero-order valence-electron chi connectivity index (χ0n) is 23.1. The molecule has 208 valence electrons. The van der Waals surface area contributed by atoms with Gasteiger partial charge in [0.25, 0.3) is 0 Å². The lowest BCUT2D eigenvalue weighted by Gasteiger charge is -2.27. The van der Waals surface area contributed by atoms with E-state index in [-0.39, 0.29) is 23.8 Å². The highest BCUT2D eigenvalue weighted by atomic mass is 16.5. The molecule has 39 heavy (non-hydrogen) atoms. The highest BCUT2D eigenvalue weighted by Crippen LogP contribution is 2.33. The molecule has 2 atom stereocenters. The van der Waals surface area contributed by atoms with Gasteiger partial charge >= 0.3 is 0 Å². The number of carbonyl (C=O) groups excluding carboxylic acids is 2. The minimum atomic E-state index is -0.0433. The maximum absolute atomic E-state index is 12.8. The second-order valence-electron chi connectivity index (χ2n) is 11.0. The zero-order chi connectivity index (χ0) is 27.2. The average Bonchev–Trinajstić information content (AvgIpc) is 3.48. The molecule has 1 saturated carbocycles. The van der Waals surface area contributed by atoms with Crippen molar-refractivity contribution in [2.75, 3.05) is 25.5 Å². The molecule has 8 heteroatoms. The summed E-state index contributed by atoms with van der Waals surface area (Å²) in [6, 6.07) is 13.6. The molecule has 2 N–H and O–H groups in total. The highest BCUT2D eigenvalue weighted by Gasteiger charge is 2.26. The quantitative estimate of drug-likeness (QED) is 0.468. The molecule has 2 amide bonds. The molecule has 1 saturated heterocycles. The first-order valence-electron chi connectivity index (χ1n) is 14.3. The van der Waals surface area contributed by atoms with Crippen LogP contribution in [0.15, 0.2) is 47.6 Å². The Morgan fingerprint density at radius 2 is 1.87 bits per heavy atom. The third kappa shape index (κ3) is 6.79. The molecule has 8 nitrogen and oxygen atoms in total. The van der Waals surface area contributed by atoms with Gasteiger partial charge in [0, 0.05) is 30.0 Å². The summed E-state index contributed by atoms with van der Waals surface area (Å²) < 4.78 is 11.8. The molecule has 2 heterocycles. The van der Waals surface area contributed by atoms with E-state index < -0.39 is 0 Å². The number of hydrogen-bond acceptors (Lipinski definition) is 6. The monoisotopic (exact) mass is 532 g/mol. The number of anilines is 1. The summed E-state index contributed by atoms with van der Waals surface area (Å²) >= 11 is 0. The van der Waals surface area contributed by atoms with Gasteiger partial charge in [-0.1, -0.05) is 19.1 Å². The van der Waals surface area contributed by atoms with E-state index in [1.165, 1.54) is 12.8 Å². The Balaban J connectivity index is 1.24. The average molecular weight is 533 g/mol. The van der Waals surface area contributed by atoms with Gasteiger partial charge in [-0.25, -0.2) is 5.01 Å². The third-order valence-corrected chi connectivity index (χ3v) is 8.21.